The summed E-state index contributed by atoms with van der Waals surface area (Å²) in [6, 6.07) is 16.1. The Bertz CT molecular complexity index is 1110. The van der Waals surface area contributed by atoms with Gasteiger partial charge in [-0.15, -0.1) is 12.4 Å². The van der Waals surface area contributed by atoms with Crippen LogP contribution in [0.2, 0.25) is 0 Å². The molecular weight excluding hydrogens is 352 g/mol. The average Bonchev–Trinajstić information content (AvgIpc) is 3.22. The molecule has 0 radical (unpaired) electrons. The number of benzene rings is 2. The smallest absolute Gasteiger partial charge is 0.236 e. The molecule has 0 unspecified atom stereocenters. The van der Waals surface area contributed by atoms with Gasteiger partial charge in [0.05, 0.1) is 11.0 Å². The Hall–Kier alpha value is -2.99. The van der Waals surface area contributed by atoms with E-state index in [4.69, 9.17) is 9.47 Å². The number of fused-ring (bicyclic) bond motifs is 4. The van der Waals surface area contributed by atoms with E-state index in [0.717, 1.165) is 39.6 Å². The number of aryl methyl sites for hydroxylation is 1. The number of anilines is 1. The van der Waals surface area contributed by atoms with Crippen molar-refractivity contribution in [1.82, 2.24) is 14.4 Å². The highest BCUT2D eigenvalue weighted by molar-refractivity contribution is 5.85. The molecule has 26 heavy (non-hydrogen) atoms. The predicted octanol–water partition coefficient (Wildman–Crippen LogP) is 3.95. The summed E-state index contributed by atoms with van der Waals surface area (Å²) in [4.78, 5) is 9.17. The number of aromatic nitrogens is 3. The maximum Gasteiger partial charge on any atom is 0.236 e. The summed E-state index contributed by atoms with van der Waals surface area (Å²) < 4.78 is 12.9. The number of hydrogen-bond donors (Lipinski definition) is 1. The molecule has 0 fully saturated rings. The number of para-hydroxylation sites is 2. The highest BCUT2D eigenvalue weighted by Crippen LogP contribution is 2.32. The molecule has 1 aliphatic heterocycles. The summed E-state index contributed by atoms with van der Waals surface area (Å²) in [6.45, 7) is 2.93. The Morgan fingerprint density at radius 2 is 1.88 bits per heavy atom. The van der Waals surface area contributed by atoms with E-state index in [2.05, 4.69) is 25.8 Å². The summed E-state index contributed by atoms with van der Waals surface area (Å²) in [5.41, 5.74) is 4.03. The van der Waals surface area contributed by atoms with Gasteiger partial charge in [-0.05, 0) is 36.8 Å². The average molecular weight is 369 g/mol. The lowest BCUT2D eigenvalue weighted by molar-refractivity contribution is 0.174. The molecule has 132 valence electrons. The van der Waals surface area contributed by atoms with E-state index in [1.807, 2.05) is 49.4 Å². The van der Waals surface area contributed by atoms with Gasteiger partial charge < -0.3 is 14.8 Å². The fourth-order valence-corrected chi connectivity index (χ4v) is 3.15. The zero-order chi connectivity index (χ0) is 16.8. The van der Waals surface area contributed by atoms with E-state index < -0.39 is 0 Å². The minimum atomic E-state index is 0. The molecular formula is C19H17ClN4O2. The number of halogens is 1. The van der Waals surface area contributed by atoms with Crippen LogP contribution in [0.4, 0.5) is 5.82 Å². The van der Waals surface area contributed by atoms with Crippen molar-refractivity contribution in [3.05, 3.63) is 59.8 Å². The summed E-state index contributed by atoms with van der Waals surface area (Å²) in [5.74, 6) is 3.26. The van der Waals surface area contributed by atoms with Crippen molar-refractivity contribution in [2.24, 2.45) is 0 Å². The molecule has 6 nitrogen and oxygen atoms in total. The van der Waals surface area contributed by atoms with E-state index in [9.17, 15) is 0 Å². The minimum absolute atomic E-state index is 0. The lowest BCUT2D eigenvalue weighted by Gasteiger charge is -2.11. The highest BCUT2D eigenvalue weighted by atomic mass is 35.5. The standard InChI is InChI=1S/C19H16N4O2.ClH/c1-12-8-18(20-10-13-6-7-16-17(9-13)25-11-24-16)23-15-5-3-2-4-14(15)22-19(23)21-12;/h2-9,20H,10-11H2,1H3;1H. The molecule has 5 rings (SSSR count). The number of imidazole rings is 1. The predicted molar refractivity (Wildman–Crippen MR) is 102 cm³/mol. The van der Waals surface area contributed by atoms with Gasteiger partial charge in [-0.1, -0.05) is 18.2 Å². The summed E-state index contributed by atoms with van der Waals surface area (Å²) in [5, 5.41) is 3.50. The van der Waals surface area contributed by atoms with Crippen molar-refractivity contribution in [3.63, 3.8) is 0 Å². The summed E-state index contributed by atoms with van der Waals surface area (Å²) in [7, 11) is 0. The number of ether oxygens (including phenoxy) is 2. The van der Waals surface area contributed by atoms with Crippen molar-refractivity contribution in [1.29, 1.82) is 0 Å². The van der Waals surface area contributed by atoms with Gasteiger partial charge in [-0.2, -0.15) is 0 Å². The van der Waals surface area contributed by atoms with Gasteiger partial charge in [0.25, 0.3) is 0 Å². The molecule has 1 aliphatic rings. The van der Waals surface area contributed by atoms with Crippen LogP contribution in [0.3, 0.4) is 0 Å². The van der Waals surface area contributed by atoms with Gasteiger partial charge in [0.1, 0.15) is 5.82 Å². The van der Waals surface area contributed by atoms with Crippen molar-refractivity contribution >= 4 is 35.0 Å². The Labute approximate surface area is 156 Å². The van der Waals surface area contributed by atoms with Crippen molar-refractivity contribution in [2.75, 3.05) is 12.1 Å². The second-order valence-electron chi connectivity index (χ2n) is 6.06. The van der Waals surface area contributed by atoms with E-state index in [0.29, 0.717) is 12.3 Å². The third kappa shape index (κ3) is 2.68. The summed E-state index contributed by atoms with van der Waals surface area (Å²) >= 11 is 0. The summed E-state index contributed by atoms with van der Waals surface area (Å²) in [6.07, 6.45) is 0. The molecule has 7 heteroatoms. The third-order valence-corrected chi connectivity index (χ3v) is 4.32. The maximum absolute atomic E-state index is 5.45. The van der Waals surface area contributed by atoms with Gasteiger partial charge in [0.2, 0.25) is 12.6 Å². The molecule has 0 bridgehead atoms. The van der Waals surface area contributed by atoms with Gasteiger partial charge >= 0.3 is 0 Å². The van der Waals surface area contributed by atoms with Gasteiger partial charge in [0.15, 0.2) is 11.5 Å². The molecule has 2 aromatic carbocycles. The van der Waals surface area contributed by atoms with Gasteiger partial charge in [-0.25, -0.2) is 9.97 Å². The Kier molecular flexibility index (Phi) is 4.05. The molecule has 0 saturated heterocycles. The van der Waals surface area contributed by atoms with Crippen LogP contribution in [0.5, 0.6) is 11.5 Å². The SMILES string of the molecule is Cc1cc(NCc2ccc3c(c2)OCO3)n2c(n1)nc1ccccc12.Cl. The van der Waals surface area contributed by atoms with Crippen LogP contribution < -0.4 is 14.8 Å². The largest absolute Gasteiger partial charge is 0.454 e. The van der Waals surface area contributed by atoms with Crippen LogP contribution >= 0.6 is 12.4 Å². The van der Waals surface area contributed by atoms with Crippen molar-refractivity contribution in [2.45, 2.75) is 13.5 Å². The van der Waals surface area contributed by atoms with Crippen molar-refractivity contribution < 1.29 is 9.47 Å². The lowest BCUT2D eigenvalue weighted by atomic mass is 10.2. The number of nitrogens with one attached hydrogen (secondary N) is 1. The fourth-order valence-electron chi connectivity index (χ4n) is 3.15. The molecule has 0 spiro atoms. The van der Waals surface area contributed by atoms with E-state index in [1.165, 1.54) is 0 Å². The van der Waals surface area contributed by atoms with Crippen LogP contribution in [0, 0.1) is 6.92 Å². The van der Waals surface area contributed by atoms with E-state index >= 15 is 0 Å². The fraction of sp³-hybridized carbons (Fsp3) is 0.158. The molecule has 0 aliphatic carbocycles. The molecule has 2 aromatic heterocycles. The maximum atomic E-state index is 5.45. The number of hydrogen-bond acceptors (Lipinski definition) is 5. The number of rotatable bonds is 3. The molecule has 0 atom stereocenters. The zero-order valence-electron chi connectivity index (χ0n) is 14.1. The van der Waals surface area contributed by atoms with Gasteiger partial charge in [-0.3, -0.25) is 4.40 Å². The first kappa shape index (κ1) is 16.5. The van der Waals surface area contributed by atoms with Crippen LogP contribution in [0.15, 0.2) is 48.5 Å². The Balaban J connectivity index is 0.00000168. The molecule has 0 amide bonds. The number of nitrogens with zero attached hydrogens (tertiary/aromatic N) is 3. The van der Waals surface area contributed by atoms with Crippen LogP contribution in [-0.2, 0) is 6.54 Å². The molecule has 1 N–H and O–H groups in total. The minimum Gasteiger partial charge on any atom is -0.454 e. The van der Waals surface area contributed by atoms with Crippen LogP contribution in [0.1, 0.15) is 11.3 Å². The van der Waals surface area contributed by atoms with Crippen LogP contribution in [-0.4, -0.2) is 21.2 Å². The quantitative estimate of drug-likeness (QED) is 0.593. The highest BCUT2D eigenvalue weighted by Gasteiger charge is 2.14. The Morgan fingerprint density at radius 3 is 2.81 bits per heavy atom. The first-order valence-electron chi connectivity index (χ1n) is 8.15. The third-order valence-electron chi connectivity index (χ3n) is 4.32. The molecule has 0 saturated carbocycles. The van der Waals surface area contributed by atoms with E-state index in [-0.39, 0.29) is 19.2 Å². The first-order chi connectivity index (χ1) is 12.3. The Morgan fingerprint density at radius 1 is 1.04 bits per heavy atom. The van der Waals surface area contributed by atoms with Crippen molar-refractivity contribution in [3.8, 4) is 11.5 Å². The van der Waals surface area contributed by atoms with Crippen LogP contribution in [0.25, 0.3) is 16.8 Å². The second-order valence-corrected chi connectivity index (χ2v) is 6.06. The monoisotopic (exact) mass is 368 g/mol. The zero-order valence-corrected chi connectivity index (χ0v) is 14.9. The topological polar surface area (TPSA) is 60.7 Å². The van der Waals surface area contributed by atoms with E-state index in [1.54, 1.807) is 0 Å². The van der Waals surface area contributed by atoms with Gasteiger partial charge in [0, 0.05) is 18.3 Å². The molecule has 4 aromatic rings. The second kappa shape index (κ2) is 6.38. The molecule has 3 heterocycles. The lowest BCUT2D eigenvalue weighted by Crippen LogP contribution is -2.06. The first-order valence-corrected chi connectivity index (χ1v) is 8.15. The normalized spacial score (nSPS) is 12.3.